The fourth-order valence-corrected chi connectivity index (χ4v) is 2.55. The van der Waals surface area contributed by atoms with Gasteiger partial charge in [-0.2, -0.15) is 0 Å². The number of nitrogens with one attached hydrogen (secondary N) is 1. The summed E-state index contributed by atoms with van der Waals surface area (Å²) in [6.07, 6.45) is 4.03. The summed E-state index contributed by atoms with van der Waals surface area (Å²) in [7, 11) is 0. The molecule has 8 nitrogen and oxygen atoms in total. The topological polar surface area (TPSA) is 104 Å². The summed E-state index contributed by atoms with van der Waals surface area (Å²) in [5.41, 5.74) is -0.0791. The molecular formula is C13H21N5O3. The summed E-state index contributed by atoms with van der Waals surface area (Å²) < 4.78 is 0. The number of nitro groups is 1. The molecular weight excluding hydrogens is 274 g/mol. The minimum absolute atomic E-state index is 0.0791. The Hall–Kier alpha value is -1.96. The number of anilines is 2. The van der Waals surface area contributed by atoms with Crippen LogP contribution in [0.1, 0.15) is 26.2 Å². The van der Waals surface area contributed by atoms with E-state index in [1.165, 1.54) is 6.33 Å². The number of hydrogen-bond acceptors (Lipinski definition) is 7. The number of aromatic nitrogens is 2. The summed E-state index contributed by atoms with van der Waals surface area (Å²) in [6, 6.07) is 0. The van der Waals surface area contributed by atoms with Crippen LogP contribution in [0.25, 0.3) is 0 Å². The molecule has 1 fully saturated rings. The first-order valence-electron chi connectivity index (χ1n) is 7.26. The Balaban J connectivity index is 2.31. The maximum atomic E-state index is 11.4. The molecule has 1 aliphatic rings. The van der Waals surface area contributed by atoms with Gasteiger partial charge in [0.15, 0.2) is 0 Å². The van der Waals surface area contributed by atoms with Crippen molar-refractivity contribution in [1.82, 2.24) is 9.97 Å². The van der Waals surface area contributed by atoms with Crippen LogP contribution >= 0.6 is 0 Å². The highest BCUT2D eigenvalue weighted by Crippen LogP contribution is 2.33. The van der Waals surface area contributed by atoms with Gasteiger partial charge < -0.3 is 15.3 Å². The van der Waals surface area contributed by atoms with Crippen LogP contribution in [0, 0.1) is 16.0 Å². The van der Waals surface area contributed by atoms with Crippen LogP contribution in [-0.4, -0.2) is 46.2 Å². The van der Waals surface area contributed by atoms with Crippen molar-refractivity contribution in [3.8, 4) is 0 Å². The third kappa shape index (κ3) is 3.57. The second-order valence-corrected chi connectivity index (χ2v) is 5.22. The first-order valence-corrected chi connectivity index (χ1v) is 7.26. The van der Waals surface area contributed by atoms with E-state index in [1.54, 1.807) is 0 Å². The van der Waals surface area contributed by atoms with Gasteiger partial charge in [-0.05, 0) is 25.2 Å². The van der Waals surface area contributed by atoms with Crippen molar-refractivity contribution in [2.75, 3.05) is 36.5 Å². The first kappa shape index (κ1) is 15.4. The van der Waals surface area contributed by atoms with Crippen LogP contribution in [0.2, 0.25) is 0 Å². The van der Waals surface area contributed by atoms with E-state index in [1.807, 2.05) is 11.8 Å². The predicted octanol–water partition coefficient (Wildman–Crippen LogP) is 1.42. The monoisotopic (exact) mass is 295 g/mol. The van der Waals surface area contributed by atoms with E-state index in [2.05, 4.69) is 15.3 Å². The van der Waals surface area contributed by atoms with Gasteiger partial charge >= 0.3 is 5.69 Å². The summed E-state index contributed by atoms with van der Waals surface area (Å²) >= 11 is 0. The molecule has 1 aromatic heterocycles. The minimum Gasteiger partial charge on any atom is -0.396 e. The molecule has 2 rings (SSSR count). The minimum atomic E-state index is -0.435. The molecule has 0 aliphatic carbocycles. The Kier molecular flexibility index (Phi) is 5.26. The quantitative estimate of drug-likeness (QED) is 0.604. The molecule has 1 aromatic rings. The molecule has 0 aromatic carbocycles. The molecule has 0 radical (unpaired) electrons. The van der Waals surface area contributed by atoms with Crippen LogP contribution in [0.4, 0.5) is 17.3 Å². The van der Waals surface area contributed by atoms with Crippen molar-refractivity contribution in [1.29, 1.82) is 0 Å². The van der Waals surface area contributed by atoms with Gasteiger partial charge in [0.2, 0.25) is 11.6 Å². The lowest BCUT2D eigenvalue weighted by Crippen LogP contribution is -2.37. The Morgan fingerprint density at radius 3 is 3.05 bits per heavy atom. The molecule has 0 saturated carbocycles. The molecule has 1 saturated heterocycles. The molecule has 0 spiro atoms. The second kappa shape index (κ2) is 7.16. The first-order chi connectivity index (χ1) is 10.2. The molecule has 116 valence electrons. The van der Waals surface area contributed by atoms with E-state index in [-0.39, 0.29) is 24.0 Å². The average Bonchev–Trinajstić information content (AvgIpc) is 2.52. The van der Waals surface area contributed by atoms with E-state index >= 15 is 0 Å². The zero-order valence-electron chi connectivity index (χ0n) is 12.2. The van der Waals surface area contributed by atoms with Gasteiger partial charge in [-0.3, -0.25) is 10.1 Å². The Bertz CT molecular complexity index is 497. The number of aliphatic hydroxyl groups excluding tert-OH is 1. The van der Waals surface area contributed by atoms with Crippen molar-refractivity contribution in [3.63, 3.8) is 0 Å². The largest absolute Gasteiger partial charge is 0.396 e. The number of piperidine rings is 1. The van der Waals surface area contributed by atoms with Crippen LogP contribution in [-0.2, 0) is 0 Å². The molecule has 0 amide bonds. The standard InChI is InChI=1S/C13H21N5O3/c1-2-5-14-12-11(18(20)21)13(16-9-15-12)17-6-3-4-10(7-17)8-19/h9-10,19H,2-8H2,1H3,(H,14,15,16). The molecule has 1 atom stereocenters. The van der Waals surface area contributed by atoms with Crippen molar-refractivity contribution in [3.05, 3.63) is 16.4 Å². The Morgan fingerprint density at radius 2 is 2.38 bits per heavy atom. The fraction of sp³-hybridized carbons (Fsp3) is 0.692. The molecule has 0 bridgehead atoms. The molecule has 8 heteroatoms. The van der Waals surface area contributed by atoms with Crippen molar-refractivity contribution < 1.29 is 10.0 Å². The predicted molar refractivity (Wildman–Crippen MR) is 79.5 cm³/mol. The maximum Gasteiger partial charge on any atom is 0.353 e. The van der Waals surface area contributed by atoms with E-state index in [4.69, 9.17) is 0 Å². The van der Waals surface area contributed by atoms with E-state index < -0.39 is 4.92 Å². The van der Waals surface area contributed by atoms with E-state index in [0.717, 1.165) is 19.3 Å². The number of aliphatic hydroxyl groups is 1. The Labute approximate surface area is 123 Å². The van der Waals surface area contributed by atoms with Crippen LogP contribution in [0.15, 0.2) is 6.33 Å². The smallest absolute Gasteiger partial charge is 0.353 e. The van der Waals surface area contributed by atoms with Crippen molar-refractivity contribution in [2.45, 2.75) is 26.2 Å². The van der Waals surface area contributed by atoms with E-state index in [0.29, 0.717) is 25.5 Å². The number of hydrogen-bond donors (Lipinski definition) is 2. The van der Waals surface area contributed by atoms with Crippen LogP contribution < -0.4 is 10.2 Å². The zero-order chi connectivity index (χ0) is 15.2. The van der Waals surface area contributed by atoms with E-state index in [9.17, 15) is 15.2 Å². The third-order valence-corrected chi connectivity index (χ3v) is 3.60. The third-order valence-electron chi connectivity index (χ3n) is 3.60. The maximum absolute atomic E-state index is 11.4. The molecule has 1 unspecified atom stereocenters. The highest BCUT2D eigenvalue weighted by molar-refractivity contribution is 5.70. The lowest BCUT2D eigenvalue weighted by atomic mass is 9.99. The van der Waals surface area contributed by atoms with Gasteiger partial charge in [-0.15, -0.1) is 0 Å². The van der Waals surface area contributed by atoms with Gasteiger partial charge in [-0.1, -0.05) is 6.92 Å². The van der Waals surface area contributed by atoms with Gasteiger partial charge in [-0.25, -0.2) is 9.97 Å². The number of rotatable bonds is 6. The average molecular weight is 295 g/mol. The van der Waals surface area contributed by atoms with Gasteiger partial charge in [0.05, 0.1) is 4.92 Å². The van der Waals surface area contributed by atoms with Crippen molar-refractivity contribution in [2.24, 2.45) is 5.92 Å². The SMILES string of the molecule is CCCNc1ncnc(N2CCCC(CO)C2)c1[N+](=O)[O-]. The zero-order valence-corrected chi connectivity index (χ0v) is 12.2. The fourth-order valence-electron chi connectivity index (χ4n) is 2.55. The molecule has 21 heavy (non-hydrogen) atoms. The van der Waals surface area contributed by atoms with Crippen molar-refractivity contribution >= 4 is 17.3 Å². The van der Waals surface area contributed by atoms with Crippen LogP contribution in [0.5, 0.6) is 0 Å². The Morgan fingerprint density at radius 1 is 1.57 bits per heavy atom. The normalized spacial score (nSPS) is 18.6. The molecule has 2 heterocycles. The summed E-state index contributed by atoms with van der Waals surface area (Å²) in [5.74, 6) is 0.741. The lowest BCUT2D eigenvalue weighted by Gasteiger charge is -2.32. The lowest BCUT2D eigenvalue weighted by molar-refractivity contribution is -0.383. The summed E-state index contributed by atoms with van der Waals surface area (Å²) in [4.78, 5) is 21.0. The van der Waals surface area contributed by atoms with Crippen LogP contribution in [0.3, 0.4) is 0 Å². The molecule has 1 aliphatic heterocycles. The van der Waals surface area contributed by atoms with Gasteiger partial charge in [0.25, 0.3) is 0 Å². The summed E-state index contributed by atoms with van der Waals surface area (Å²) in [6.45, 7) is 3.99. The highest BCUT2D eigenvalue weighted by Gasteiger charge is 2.29. The van der Waals surface area contributed by atoms with Gasteiger partial charge in [0, 0.05) is 26.2 Å². The van der Waals surface area contributed by atoms with Gasteiger partial charge in [0.1, 0.15) is 6.33 Å². The second-order valence-electron chi connectivity index (χ2n) is 5.22. The summed E-state index contributed by atoms with van der Waals surface area (Å²) in [5, 5.41) is 23.7. The molecule has 2 N–H and O–H groups in total. The highest BCUT2D eigenvalue weighted by atomic mass is 16.6. The number of nitrogens with zero attached hydrogens (tertiary/aromatic N) is 4.